The van der Waals surface area contributed by atoms with E-state index >= 15 is 0 Å². The Labute approximate surface area is 124 Å². The molecule has 6 nitrogen and oxygen atoms in total. The third-order valence-corrected chi connectivity index (χ3v) is 3.13. The third kappa shape index (κ3) is 5.07. The standard InChI is InChI=1S/C15H21NO5/c1-3-8-16(9-7-13(17)18)14(15(19)20)11-5-4-6-12(10-11)21-2/h4-6,10,14H,3,7-9H2,1-2H3,(H,17,18)(H,19,20). The Morgan fingerprint density at radius 2 is 2.00 bits per heavy atom. The summed E-state index contributed by atoms with van der Waals surface area (Å²) in [7, 11) is 1.52. The van der Waals surface area contributed by atoms with Gasteiger partial charge in [0.15, 0.2) is 0 Å². The van der Waals surface area contributed by atoms with Gasteiger partial charge in [-0.05, 0) is 30.7 Å². The predicted octanol–water partition coefficient (Wildman–Crippen LogP) is 2.01. The van der Waals surface area contributed by atoms with Crippen molar-refractivity contribution in [2.24, 2.45) is 0 Å². The van der Waals surface area contributed by atoms with Crippen molar-refractivity contribution in [2.45, 2.75) is 25.8 Å². The van der Waals surface area contributed by atoms with Crippen LogP contribution in [0.3, 0.4) is 0 Å². The maximum atomic E-state index is 11.6. The smallest absolute Gasteiger partial charge is 0.325 e. The molecule has 1 aromatic rings. The number of carboxylic acid groups (broad SMARTS) is 2. The number of carboxylic acids is 2. The van der Waals surface area contributed by atoms with Crippen LogP contribution in [-0.4, -0.2) is 47.3 Å². The van der Waals surface area contributed by atoms with E-state index in [0.29, 0.717) is 17.9 Å². The van der Waals surface area contributed by atoms with Crippen LogP contribution in [0.1, 0.15) is 31.4 Å². The summed E-state index contributed by atoms with van der Waals surface area (Å²) in [5, 5.41) is 18.3. The first-order valence-electron chi connectivity index (χ1n) is 6.82. The number of aliphatic carboxylic acids is 2. The number of methoxy groups -OCH3 is 1. The molecule has 0 amide bonds. The molecule has 0 bridgehead atoms. The minimum absolute atomic E-state index is 0.0895. The van der Waals surface area contributed by atoms with Crippen molar-refractivity contribution in [1.82, 2.24) is 4.90 Å². The van der Waals surface area contributed by atoms with Gasteiger partial charge in [0, 0.05) is 6.54 Å². The highest BCUT2D eigenvalue weighted by molar-refractivity contribution is 5.76. The average molecular weight is 295 g/mol. The van der Waals surface area contributed by atoms with Crippen LogP contribution in [0.25, 0.3) is 0 Å². The van der Waals surface area contributed by atoms with Crippen molar-refractivity contribution < 1.29 is 24.5 Å². The zero-order valence-corrected chi connectivity index (χ0v) is 12.3. The van der Waals surface area contributed by atoms with Gasteiger partial charge in [-0.3, -0.25) is 14.5 Å². The Hall–Kier alpha value is -2.08. The number of ether oxygens (including phenoxy) is 1. The van der Waals surface area contributed by atoms with Gasteiger partial charge in [-0.1, -0.05) is 19.1 Å². The third-order valence-electron chi connectivity index (χ3n) is 3.13. The molecule has 0 spiro atoms. The maximum Gasteiger partial charge on any atom is 0.325 e. The summed E-state index contributed by atoms with van der Waals surface area (Å²) in [5.41, 5.74) is 0.584. The van der Waals surface area contributed by atoms with E-state index in [1.165, 1.54) is 7.11 Å². The minimum atomic E-state index is -0.998. The van der Waals surface area contributed by atoms with Crippen molar-refractivity contribution in [3.63, 3.8) is 0 Å². The van der Waals surface area contributed by atoms with Crippen LogP contribution in [0.5, 0.6) is 5.75 Å². The maximum absolute atomic E-state index is 11.6. The Kier molecular flexibility index (Phi) is 6.68. The molecule has 6 heteroatoms. The number of carbonyl (C=O) groups is 2. The van der Waals surface area contributed by atoms with Crippen LogP contribution in [0.15, 0.2) is 24.3 Å². The van der Waals surface area contributed by atoms with Crippen LogP contribution in [0, 0.1) is 0 Å². The summed E-state index contributed by atoms with van der Waals surface area (Å²) in [4.78, 5) is 24.0. The van der Waals surface area contributed by atoms with Crippen molar-refractivity contribution in [3.05, 3.63) is 29.8 Å². The normalized spacial score (nSPS) is 12.1. The van der Waals surface area contributed by atoms with E-state index in [-0.39, 0.29) is 13.0 Å². The van der Waals surface area contributed by atoms with Gasteiger partial charge in [0.1, 0.15) is 11.8 Å². The molecule has 0 aromatic heterocycles. The van der Waals surface area contributed by atoms with Crippen LogP contribution in [0.2, 0.25) is 0 Å². The van der Waals surface area contributed by atoms with Crippen LogP contribution in [0.4, 0.5) is 0 Å². The molecule has 0 heterocycles. The lowest BCUT2D eigenvalue weighted by Crippen LogP contribution is -2.36. The summed E-state index contributed by atoms with van der Waals surface area (Å²) < 4.78 is 5.12. The van der Waals surface area contributed by atoms with Crippen molar-refractivity contribution in [3.8, 4) is 5.75 Å². The average Bonchev–Trinajstić information content (AvgIpc) is 2.44. The molecule has 1 unspecified atom stereocenters. The number of hydrogen-bond acceptors (Lipinski definition) is 4. The fourth-order valence-electron chi connectivity index (χ4n) is 2.22. The number of rotatable bonds is 9. The largest absolute Gasteiger partial charge is 0.497 e. The van der Waals surface area contributed by atoms with Gasteiger partial charge in [0.05, 0.1) is 13.5 Å². The zero-order valence-electron chi connectivity index (χ0n) is 12.3. The quantitative estimate of drug-likeness (QED) is 0.724. The van der Waals surface area contributed by atoms with Gasteiger partial charge < -0.3 is 14.9 Å². The molecule has 21 heavy (non-hydrogen) atoms. The SMILES string of the molecule is CCCN(CCC(=O)O)C(C(=O)O)c1cccc(OC)c1. The van der Waals surface area contributed by atoms with Gasteiger partial charge in [-0.25, -0.2) is 0 Å². The first-order valence-corrected chi connectivity index (χ1v) is 6.82. The Bertz CT molecular complexity index is 489. The van der Waals surface area contributed by atoms with Crippen molar-refractivity contribution >= 4 is 11.9 Å². The molecule has 116 valence electrons. The molecule has 0 aliphatic heterocycles. The Morgan fingerprint density at radius 3 is 2.52 bits per heavy atom. The fourth-order valence-corrected chi connectivity index (χ4v) is 2.22. The number of benzene rings is 1. The van der Waals surface area contributed by atoms with Crippen molar-refractivity contribution in [2.75, 3.05) is 20.2 Å². The van der Waals surface area contributed by atoms with E-state index < -0.39 is 18.0 Å². The molecule has 1 aromatic carbocycles. The molecule has 0 aliphatic carbocycles. The predicted molar refractivity (Wildman–Crippen MR) is 77.5 cm³/mol. The number of nitrogens with zero attached hydrogens (tertiary/aromatic N) is 1. The second-order valence-electron chi connectivity index (χ2n) is 4.70. The van der Waals surface area contributed by atoms with E-state index in [0.717, 1.165) is 6.42 Å². The molecule has 2 N–H and O–H groups in total. The molecule has 0 fully saturated rings. The molecule has 0 radical (unpaired) electrons. The highest BCUT2D eigenvalue weighted by atomic mass is 16.5. The monoisotopic (exact) mass is 295 g/mol. The van der Waals surface area contributed by atoms with Crippen molar-refractivity contribution in [1.29, 1.82) is 0 Å². The van der Waals surface area contributed by atoms with E-state index in [1.54, 1.807) is 29.2 Å². The summed E-state index contributed by atoms with van der Waals surface area (Å²) in [6, 6.07) is 5.97. The van der Waals surface area contributed by atoms with Crippen LogP contribution in [-0.2, 0) is 9.59 Å². The minimum Gasteiger partial charge on any atom is -0.497 e. The van der Waals surface area contributed by atoms with E-state index in [4.69, 9.17) is 9.84 Å². The summed E-state index contributed by atoms with van der Waals surface area (Å²) in [6.07, 6.45) is 0.654. The lowest BCUT2D eigenvalue weighted by atomic mass is 10.0. The highest BCUT2D eigenvalue weighted by Gasteiger charge is 2.27. The summed E-state index contributed by atoms with van der Waals surface area (Å²) >= 11 is 0. The van der Waals surface area contributed by atoms with Gasteiger partial charge in [0.25, 0.3) is 0 Å². The Morgan fingerprint density at radius 1 is 1.29 bits per heavy atom. The van der Waals surface area contributed by atoms with E-state index in [1.807, 2.05) is 6.92 Å². The van der Waals surface area contributed by atoms with Gasteiger partial charge in [0.2, 0.25) is 0 Å². The van der Waals surface area contributed by atoms with Crippen LogP contribution < -0.4 is 4.74 Å². The number of hydrogen-bond donors (Lipinski definition) is 2. The first kappa shape index (κ1) is 17.0. The topological polar surface area (TPSA) is 87.1 Å². The second kappa shape index (κ2) is 8.26. The molecular formula is C15H21NO5. The molecule has 0 saturated carbocycles. The second-order valence-corrected chi connectivity index (χ2v) is 4.70. The van der Waals surface area contributed by atoms with Crippen LogP contribution >= 0.6 is 0 Å². The lowest BCUT2D eigenvalue weighted by molar-refractivity contribution is -0.145. The first-order chi connectivity index (χ1) is 9.99. The summed E-state index contributed by atoms with van der Waals surface area (Å²) in [5.74, 6) is -1.36. The Balaban J connectivity index is 3.04. The molecular weight excluding hydrogens is 274 g/mol. The van der Waals surface area contributed by atoms with Gasteiger partial charge in [-0.2, -0.15) is 0 Å². The van der Waals surface area contributed by atoms with Gasteiger partial charge in [-0.15, -0.1) is 0 Å². The fraction of sp³-hybridized carbons (Fsp3) is 0.467. The van der Waals surface area contributed by atoms with E-state index in [9.17, 15) is 14.7 Å². The van der Waals surface area contributed by atoms with Gasteiger partial charge >= 0.3 is 11.9 Å². The zero-order chi connectivity index (χ0) is 15.8. The molecule has 1 atom stereocenters. The lowest BCUT2D eigenvalue weighted by Gasteiger charge is -2.28. The van der Waals surface area contributed by atoms with E-state index in [2.05, 4.69) is 0 Å². The summed E-state index contributed by atoms with van der Waals surface area (Å²) in [6.45, 7) is 2.64. The molecule has 1 rings (SSSR count). The molecule has 0 aliphatic rings. The highest BCUT2D eigenvalue weighted by Crippen LogP contribution is 2.25. The molecule has 0 saturated heterocycles.